The van der Waals surface area contributed by atoms with E-state index in [1.807, 2.05) is 0 Å². The van der Waals surface area contributed by atoms with Crippen LogP contribution in [0.2, 0.25) is 0 Å². The Morgan fingerprint density at radius 2 is 1.81 bits per heavy atom. The molecule has 1 saturated heterocycles. The van der Waals surface area contributed by atoms with Gasteiger partial charge in [-0.1, -0.05) is 6.07 Å². The van der Waals surface area contributed by atoms with Crippen LogP contribution in [0.25, 0.3) is 0 Å². The first-order chi connectivity index (χ1) is 12.6. The van der Waals surface area contributed by atoms with Crippen molar-refractivity contribution in [1.82, 2.24) is 10.2 Å². The molecule has 1 aromatic carbocycles. The lowest BCUT2D eigenvalue weighted by Crippen LogP contribution is -2.42. The van der Waals surface area contributed by atoms with Crippen molar-refractivity contribution in [2.24, 2.45) is 5.92 Å². The molecule has 0 unspecified atom stereocenters. The predicted octanol–water partition coefficient (Wildman–Crippen LogP) is 2.50. The van der Waals surface area contributed by atoms with E-state index in [0.717, 1.165) is 0 Å². The molecule has 148 valence electrons. The molecule has 1 aromatic rings. The fourth-order valence-electron chi connectivity index (χ4n) is 2.85. The maximum Gasteiger partial charge on any atom is 0.471 e. The smallest absolute Gasteiger partial charge is 0.471 e. The van der Waals surface area contributed by atoms with Crippen LogP contribution < -0.4 is 10.6 Å². The van der Waals surface area contributed by atoms with E-state index in [9.17, 15) is 27.6 Å². The number of aryl methyl sites for hydroxylation is 1. The Hall–Kier alpha value is -2.78. The zero-order valence-corrected chi connectivity index (χ0v) is 14.6. The monoisotopic (exact) mass is 387 g/mol. The van der Waals surface area contributed by atoms with Gasteiger partial charge in [0, 0.05) is 25.3 Å². The predicted molar refractivity (Wildman–Crippen MR) is 90.0 cm³/mol. The van der Waals surface area contributed by atoms with Crippen molar-refractivity contribution in [2.45, 2.75) is 32.5 Å². The molecule has 3 N–H and O–H groups in total. The Bertz CT molecular complexity index is 729. The maximum absolute atomic E-state index is 12.3. The first-order valence-corrected chi connectivity index (χ1v) is 8.30. The molecule has 1 aliphatic rings. The fourth-order valence-corrected chi connectivity index (χ4v) is 2.85. The molecule has 0 atom stereocenters. The number of urea groups is 1. The molecule has 0 bridgehead atoms. The van der Waals surface area contributed by atoms with Gasteiger partial charge < -0.3 is 20.6 Å². The Kier molecular flexibility index (Phi) is 6.29. The van der Waals surface area contributed by atoms with Crippen molar-refractivity contribution in [3.05, 3.63) is 29.3 Å². The molecule has 1 fully saturated rings. The van der Waals surface area contributed by atoms with Gasteiger partial charge in [-0.15, -0.1) is 0 Å². The van der Waals surface area contributed by atoms with E-state index in [1.165, 1.54) is 11.0 Å². The molecule has 27 heavy (non-hydrogen) atoms. The summed E-state index contributed by atoms with van der Waals surface area (Å²) in [5.74, 6) is -3.37. The number of anilines is 1. The zero-order valence-electron chi connectivity index (χ0n) is 14.6. The fraction of sp³-hybridized carbons (Fsp3) is 0.471. The number of hydrogen-bond donors (Lipinski definition) is 3. The van der Waals surface area contributed by atoms with Gasteiger partial charge in [-0.3, -0.25) is 9.59 Å². The topological polar surface area (TPSA) is 98.7 Å². The van der Waals surface area contributed by atoms with Gasteiger partial charge in [-0.25, -0.2) is 4.79 Å². The third kappa shape index (κ3) is 5.87. The highest BCUT2D eigenvalue weighted by atomic mass is 19.4. The van der Waals surface area contributed by atoms with Crippen molar-refractivity contribution in [3.8, 4) is 0 Å². The van der Waals surface area contributed by atoms with E-state index in [0.29, 0.717) is 42.7 Å². The van der Waals surface area contributed by atoms with Crippen molar-refractivity contribution < 1.29 is 32.7 Å². The average molecular weight is 387 g/mol. The number of rotatable bonds is 4. The Morgan fingerprint density at radius 1 is 1.19 bits per heavy atom. The second kappa shape index (κ2) is 8.28. The van der Waals surface area contributed by atoms with Crippen LogP contribution in [0, 0.1) is 12.8 Å². The Morgan fingerprint density at radius 3 is 2.37 bits per heavy atom. The molecular formula is C17H20F3N3O4. The SMILES string of the molecule is Cc1cc(CNC(=O)C(F)(F)F)cc(NC(=O)N2CCC(C(=O)O)CC2)c1. The summed E-state index contributed by atoms with van der Waals surface area (Å²) in [5.41, 5.74) is 1.50. The van der Waals surface area contributed by atoms with Crippen molar-refractivity contribution in [1.29, 1.82) is 0 Å². The van der Waals surface area contributed by atoms with Gasteiger partial charge in [0.15, 0.2) is 0 Å². The van der Waals surface area contributed by atoms with Crippen LogP contribution in [-0.4, -0.2) is 47.2 Å². The summed E-state index contributed by atoms with van der Waals surface area (Å²) >= 11 is 0. The number of piperidine rings is 1. The highest BCUT2D eigenvalue weighted by Crippen LogP contribution is 2.20. The van der Waals surface area contributed by atoms with Crippen LogP contribution in [0.4, 0.5) is 23.7 Å². The third-order valence-corrected chi connectivity index (χ3v) is 4.23. The van der Waals surface area contributed by atoms with Crippen LogP contribution in [0.1, 0.15) is 24.0 Å². The number of hydrogen-bond acceptors (Lipinski definition) is 3. The molecule has 0 aromatic heterocycles. The molecular weight excluding hydrogens is 367 g/mol. The number of carbonyl (C=O) groups is 3. The molecule has 10 heteroatoms. The normalized spacial score (nSPS) is 15.3. The number of carboxylic acids is 1. The number of alkyl halides is 3. The first kappa shape index (κ1) is 20.5. The van der Waals surface area contributed by atoms with Crippen LogP contribution in [0.15, 0.2) is 18.2 Å². The van der Waals surface area contributed by atoms with Crippen LogP contribution in [-0.2, 0) is 16.1 Å². The van der Waals surface area contributed by atoms with E-state index in [-0.39, 0.29) is 6.54 Å². The van der Waals surface area contributed by atoms with Crippen molar-refractivity contribution in [3.63, 3.8) is 0 Å². The number of aliphatic carboxylic acids is 1. The number of likely N-dealkylation sites (tertiary alicyclic amines) is 1. The third-order valence-electron chi connectivity index (χ3n) is 4.23. The molecule has 2 rings (SSSR count). The lowest BCUT2D eigenvalue weighted by Gasteiger charge is -2.30. The molecule has 0 aliphatic carbocycles. The van der Waals surface area contributed by atoms with Crippen LogP contribution >= 0.6 is 0 Å². The number of benzene rings is 1. The Balaban J connectivity index is 1.96. The maximum atomic E-state index is 12.3. The van der Waals surface area contributed by atoms with Gasteiger partial charge in [0.2, 0.25) is 0 Å². The molecule has 0 spiro atoms. The lowest BCUT2D eigenvalue weighted by atomic mass is 9.97. The summed E-state index contributed by atoms with van der Waals surface area (Å²) < 4.78 is 36.8. The summed E-state index contributed by atoms with van der Waals surface area (Å²) in [6, 6.07) is 4.32. The van der Waals surface area contributed by atoms with E-state index >= 15 is 0 Å². The lowest BCUT2D eigenvalue weighted by molar-refractivity contribution is -0.173. The quantitative estimate of drug-likeness (QED) is 0.739. The van der Waals surface area contributed by atoms with Gasteiger partial charge in [0.05, 0.1) is 5.92 Å². The second-order valence-corrected chi connectivity index (χ2v) is 6.42. The number of carbonyl (C=O) groups excluding carboxylic acids is 2. The Labute approximate surface area is 153 Å². The van der Waals surface area contributed by atoms with E-state index < -0.39 is 30.0 Å². The standard InChI is InChI=1S/C17H20F3N3O4/c1-10-6-11(9-21-15(26)17(18,19)20)8-13(7-10)22-16(27)23-4-2-12(3-5-23)14(24)25/h6-8,12H,2-5,9H2,1H3,(H,21,26)(H,22,27)(H,24,25). The number of nitrogens with zero attached hydrogens (tertiary/aromatic N) is 1. The van der Waals surface area contributed by atoms with Crippen molar-refractivity contribution >= 4 is 23.6 Å². The summed E-state index contributed by atoms with van der Waals surface area (Å²) in [6.07, 6.45) is -4.22. The summed E-state index contributed by atoms with van der Waals surface area (Å²) in [7, 11) is 0. The molecule has 0 saturated carbocycles. The minimum atomic E-state index is -4.96. The van der Waals surface area contributed by atoms with E-state index in [4.69, 9.17) is 5.11 Å². The van der Waals surface area contributed by atoms with Crippen LogP contribution in [0.3, 0.4) is 0 Å². The van der Waals surface area contributed by atoms with Gasteiger partial charge in [0.1, 0.15) is 0 Å². The number of nitrogens with one attached hydrogen (secondary N) is 2. The highest BCUT2D eigenvalue weighted by molar-refractivity contribution is 5.89. The van der Waals surface area contributed by atoms with Gasteiger partial charge in [0.25, 0.3) is 0 Å². The summed E-state index contributed by atoms with van der Waals surface area (Å²) in [6.45, 7) is 2.00. The number of amides is 3. The first-order valence-electron chi connectivity index (χ1n) is 8.30. The molecule has 0 radical (unpaired) electrons. The molecule has 1 heterocycles. The van der Waals surface area contributed by atoms with Crippen LogP contribution in [0.5, 0.6) is 0 Å². The largest absolute Gasteiger partial charge is 0.481 e. The number of halogens is 3. The van der Waals surface area contributed by atoms with Crippen molar-refractivity contribution in [2.75, 3.05) is 18.4 Å². The molecule has 7 nitrogen and oxygen atoms in total. The van der Waals surface area contributed by atoms with Gasteiger partial charge >= 0.3 is 24.1 Å². The molecule has 3 amide bonds. The zero-order chi connectivity index (χ0) is 20.2. The average Bonchev–Trinajstić information content (AvgIpc) is 2.58. The second-order valence-electron chi connectivity index (χ2n) is 6.42. The molecule has 1 aliphatic heterocycles. The minimum Gasteiger partial charge on any atom is -0.481 e. The van der Waals surface area contributed by atoms with E-state index in [1.54, 1.807) is 24.4 Å². The van der Waals surface area contributed by atoms with Gasteiger partial charge in [-0.2, -0.15) is 13.2 Å². The van der Waals surface area contributed by atoms with E-state index in [2.05, 4.69) is 5.32 Å². The highest BCUT2D eigenvalue weighted by Gasteiger charge is 2.38. The number of carboxylic acid groups (broad SMARTS) is 1. The summed E-state index contributed by atoms with van der Waals surface area (Å²) in [4.78, 5) is 35.7. The minimum absolute atomic E-state index is 0.309. The van der Waals surface area contributed by atoms with Gasteiger partial charge in [-0.05, 0) is 43.0 Å². The summed E-state index contributed by atoms with van der Waals surface area (Å²) in [5, 5.41) is 13.4.